The van der Waals surface area contributed by atoms with Crippen LogP contribution in [0, 0.1) is 0 Å². The van der Waals surface area contributed by atoms with Crippen LogP contribution in [-0.4, -0.2) is 20.5 Å². The molecule has 0 spiro atoms. The zero-order valence-electron chi connectivity index (χ0n) is 10.1. The Balaban J connectivity index is 2.80. The third-order valence-corrected chi connectivity index (χ3v) is 2.27. The lowest BCUT2D eigenvalue weighted by Crippen LogP contribution is -2.40. The average Bonchev–Trinajstić information content (AvgIpc) is 2.59. The summed E-state index contributed by atoms with van der Waals surface area (Å²) in [5, 5.41) is 15.5. The summed E-state index contributed by atoms with van der Waals surface area (Å²) in [6, 6.07) is 1.83. The lowest BCUT2D eigenvalue weighted by atomic mass is 10.1. The van der Waals surface area contributed by atoms with E-state index in [0.29, 0.717) is 0 Å². The second kappa shape index (κ2) is 4.66. The zero-order valence-corrected chi connectivity index (χ0v) is 10.1. The van der Waals surface area contributed by atoms with Gasteiger partial charge in [-0.25, -0.2) is 9.75 Å². The van der Waals surface area contributed by atoms with Crippen molar-refractivity contribution in [3.63, 3.8) is 0 Å². The van der Waals surface area contributed by atoms with Gasteiger partial charge in [0.1, 0.15) is 0 Å². The van der Waals surface area contributed by atoms with Gasteiger partial charge < -0.3 is 0 Å². The number of nitrogens with zero attached hydrogens (tertiary/aromatic N) is 3. The Morgan fingerprint density at radius 2 is 2.13 bits per heavy atom. The number of hydroxylamine groups is 1. The van der Waals surface area contributed by atoms with Crippen molar-refractivity contribution >= 4 is 5.82 Å². The van der Waals surface area contributed by atoms with Crippen molar-refractivity contribution in [2.45, 2.75) is 52.6 Å². The molecular formula is C11H21N3O. The van der Waals surface area contributed by atoms with E-state index in [2.05, 4.69) is 12.0 Å². The van der Waals surface area contributed by atoms with Crippen LogP contribution in [0.15, 0.2) is 12.3 Å². The molecule has 1 rings (SSSR count). The van der Waals surface area contributed by atoms with Gasteiger partial charge in [0.15, 0.2) is 5.82 Å². The SMILES string of the molecule is CCCCn1nccc1N(O)C(C)(C)C. The predicted octanol–water partition coefficient (Wildman–Crippen LogP) is 2.68. The Bertz CT molecular complexity index is 301. The van der Waals surface area contributed by atoms with Crippen LogP contribution in [0.4, 0.5) is 5.82 Å². The lowest BCUT2D eigenvalue weighted by Gasteiger charge is -2.31. The monoisotopic (exact) mass is 211 g/mol. The summed E-state index contributed by atoms with van der Waals surface area (Å²) in [7, 11) is 0. The third-order valence-electron chi connectivity index (χ3n) is 2.27. The zero-order chi connectivity index (χ0) is 11.5. The van der Waals surface area contributed by atoms with Gasteiger partial charge >= 0.3 is 0 Å². The minimum Gasteiger partial charge on any atom is -0.286 e. The molecule has 1 aromatic heterocycles. The van der Waals surface area contributed by atoms with Crippen molar-refractivity contribution < 1.29 is 5.21 Å². The Hall–Kier alpha value is -1.03. The molecule has 0 radical (unpaired) electrons. The Morgan fingerprint density at radius 1 is 1.47 bits per heavy atom. The van der Waals surface area contributed by atoms with Gasteiger partial charge in [-0.15, -0.1) is 0 Å². The van der Waals surface area contributed by atoms with E-state index in [1.165, 1.54) is 5.06 Å². The molecule has 1 heterocycles. The first-order valence-corrected chi connectivity index (χ1v) is 5.47. The van der Waals surface area contributed by atoms with Crippen LogP contribution < -0.4 is 5.06 Å². The highest BCUT2D eigenvalue weighted by Crippen LogP contribution is 2.21. The molecule has 0 bridgehead atoms. The van der Waals surface area contributed by atoms with E-state index in [1.54, 1.807) is 6.20 Å². The molecule has 4 heteroatoms. The predicted molar refractivity (Wildman–Crippen MR) is 61.2 cm³/mol. The topological polar surface area (TPSA) is 41.3 Å². The maximum Gasteiger partial charge on any atom is 0.151 e. The maximum atomic E-state index is 10.00. The van der Waals surface area contributed by atoms with Crippen molar-refractivity contribution in [3.8, 4) is 0 Å². The number of anilines is 1. The molecular weight excluding hydrogens is 190 g/mol. The Kier molecular flexibility index (Phi) is 3.74. The fourth-order valence-corrected chi connectivity index (χ4v) is 1.33. The summed E-state index contributed by atoms with van der Waals surface area (Å²) in [5.41, 5.74) is -0.302. The Labute approximate surface area is 91.5 Å². The summed E-state index contributed by atoms with van der Waals surface area (Å²) in [6.45, 7) is 8.88. The van der Waals surface area contributed by atoms with Crippen molar-refractivity contribution in [2.75, 3.05) is 5.06 Å². The molecule has 0 unspecified atom stereocenters. The average molecular weight is 211 g/mol. The van der Waals surface area contributed by atoms with E-state index in [9.17, 15) is 5.21 Å². The first kappa shape index (κ1) is 12.0. The van der Waals surface area contributed by atoms with E-state index in [-0.39, 0.29) is 5.54 Å². The van der Waals surface area contributed by atoms with Crippen LogP contribution in [0.3, 0.4) is 0 Å². The smallest absolute Gasteiger partial charge is 0.151 e. The van der Waals surface area contributed by atoms with Crippen LogP contribution in [0.25, 0.3) is 0 Å². The molecule has 0 saturated heterocycles. The van der Waals surface area contributed by atoms with Gasteiger partial charge in [-0.1, -0.05) is 13.3 Å². The first-order chi connectivity index (χ1) is 6.96. The van der Waals surface area contributed by atoms with Gasteiger partial charge in [0.25, 0.3) is 0 Å². The van der Waals surface area contributed by atoms with Gasteiger partial charge in [0.2, 0.25) is 0 Å². The van der Waals surface area contributed by atoms with Gasteiger partial charge in [-0.2, -0.15) is 5.10 Å². The third kappa shape index (κ3) is 2.96. The molecule has 86 valence electrons. The molecule has 0 saturated carbocycles. The number of aryl methyl sites for hydroxylation is 1. The molecule has 0 atom stereocenters. The van der Waals surface area contributed by atoms with E-state index >= 15 is 0 Å². The second-order valence-corrected chi connectivity index (χ2v) is 4.75. The number of hydrogen-bond donors (Lipinski definition) is 1. The number of rotatable bonds is 4. The summed E-state index contributed by atoms with van der Waals surface area (Å²) in [5.74, 6) is 0.760. The summed E-state index contributed by atoms with van der Waals surface area (Å²) in [6.07, 6.45) is 3.92. The van der Waals surface area contributed by atoms with E-state index in [0.717, 1.165) is 25.2 Å². The number of hydrogen-bond acceptors (Lipinski definition) is 3. The van der Waals surface area contributed by atoms with Gasteiger partial charge in [-0.05, 0) is 27.2 Å². The van der Waals surface area contributed by atoms with Crippen molar-refractivity contribution in [1.82, 2.24) is 9.78 Å². The van der Waals surface area contributed by atoms with Crippen molar-refractivity contribution in [1.29, 1.82) is 0 Å². The minimum absolute atomic E-state index is 0.302. The summed E-state index contributed by atoms with van der Waals surface area (Å²) < 4.78 is 1.84. The summed E-state index contributed by atoms with van der Waals surface area (Å²) >= 11 is 0. The van der Waals surface area contributed by atoms with Gasteiger partial charge in [0.05, 0.1) is 11.7 Å². The maximum absolute atomic E-state index is 10.00. The van der Waals surface area contributed by atoms with E-state index in [4.69, 9.17) is 0 Å². The molecule has 0 aromatic carbocycles. The molecule has 4 nitrogen and oxygen atoms in total. The summed E-state index contributed by atoms with van der Waals surface area (Å²) in [4.78, 5) is 0. The highest BCUT2D eigenvalue weighted by atomic mass is 16.5. The molecule has 0 aliphatic carbocycles. The first-order valence-electron chi connectivity index (χ1n) is 5.47. The van der Waals surface area contributed by atoms with Crippen LogP contribution in [0.2, 0.25) is 0 Å². The van der Waals surface area contributed by atoms with E-state index in [1.807, 2.05) is 31.5 Å². The largest absolute Gasteiger partial charge is 0.286 e. The normalized spacial score (nSPS) is 11.8. The van der Waals surface area contributed by atoms with Crippen molar-refractivity contribution in [3.05, 3.63) is 12.3 Å². The fraction of sp³-hybridized carbons (Fsp3) is 0.727. The molecule has 15 heavy (non-hydrogen) atoms. The fourth-order valence-electron chi connectivity index (χ4n) is 1.33. The number of aromatic nitrogens is 2. The second-order valence-electron chi connectivity index (χ2n) is 4.75. The quantitative estimate of drug-likeness (QED) is 0.778. The van der Waals surface area contributed by atoms with Gasteiger partial charge in [0, 0.05) is 12.6 Å². The molecule has 0 aliphatic rings. The minimum atomic E-state index is -0.302. The van der Waals surface area contributed by atoms with Crippen LogP contribution in [-0.2, 0) is 6.54 Å². The molecule has 0 aliphatic heterocycles. The van der Waals surface area contributed by atoms with Crippen LogP contribution >= 0.6 is 0 Å². The Morgan fingerprint density at radius 3 is 2.67 bits per heavy atom. The standard InChI is InChI=1S/C11H21N3O/c1-5-6-9-13-10(7-8-12-13)14(15)11(2,3)4/h7-8,15H,5-6,9H2,1-4H3. The molecule has 0 fully saturated rings. The highest BCUT2D eigenvalue weighted by Gasteiger charge is 2.22. The van der Waals surface area contributed by atoms with Crippen molar-refractivity contribution in [2.24, 2.45) is 0 Å². The molecule has 1 N–H and O–H groups in total. The molecule has 1 aromatic rings. The molecule has 0 amide bonds. The lowest BCUT2D eigenvalue weighted by molar-refractivity contribution is 0.173. The number of unbranched alkanes of at least 4 members (excludes halogenated alkanes) is 1. The highest BCUT2D eigenvalue weighted by molar-refractivity contribution is 5.37. The van der Waals surface area contributed by atoms with Gasteiger partial charge in [-0.3, -0.25) is 5.21 Å². The van der Waals surface area contributed by atoms with Crippen LogP contribution in [0.1, 0.15) is 40.5 Å². The van der Waals surface area contributed by atoms with Crippen LogP contribution in [0.5, 0.6) is 0 Å². The van der Waals surface area contributed by atoms with E-state index < -0.39 is 0 Å².